The second-order valence-electron chi connectivity index (χ2n) is 6.57. The number of carbonyl (C=O) groups excluding carboxylic acids is 1. The summed E-state index contributed by atoms with van der Waals surface area (Å²) in [4.78, 5) is 37.9. The van der Waals surface area contributed by atoms with Crippen molar-refractivity contribution in [2.45, 2.75) is 31.3 Å². The molecular formula is C16H21N5O3S. The molecule has 0 fully saturated rings. The molecule has 134 valence electrons. The standard InChI is InChI=1S/C16H21N5O3S/c1-16(2,3)11-14(24)21(15(25-6)18-17-11)20(5)13(23)10-8-7-9-19(4)12(10)22/h7-9H,1-6H3. The van der Waals surface area contributed by atoms with Crippen molar-refractivity contribution in [1.29, 1.82) is 0 Å². The molecule has 0 saturated carbocycles. The van der Waals surface area contributed by atoms with Crippen LogP contribution in [0.2, 0.25) is 0 Å². The van der Waals surface area contributed by atoms with Crippen molar-refractivity contribution < 1.29 is 4.79 Å². The summed E-state index contributed by atoms with van der Waals surface area (Å²) >= 11 is 1.19. The van der Waals surface area contributed by atoms with E-state index in [0.717, 1.165) is 9.69 Å². The van der Waals surface area contributed by atoms with Gasteiger partial charge in [-0.15, -0.1) is 10.2 Å². The number of thioether (sulfide) groups is 1. The van der Waals surface area contributed by atoms with Gasteiger partial charge in [0.2, 0.25) is 5.16 Å². The van der Waals surface area contributed by atoms with Crippen LogP contribution in [0.3, 0.4) is 0 Å². The lowest BCUT2D eigenvalue weighted by molar-refractivity contribution is 0.0959. The molecule has 0 unspecified atom stereocenters. The molecule has 0 aliphatic heterocycles. The smallest absolute Gasteiger partial charge is 0.295 e. The molecule has 0 spiro atoms. The summed E-state index contributed by atoms with van der Waals surface area (Å²) < 4.78 is 2.47. The van der Waals surface area contributed by atoms with E-state index in [-0.39, 0.29) is 16.4 Å². The van der Waals surface area contributed by atoms with E-state index in [0.29, 0.717) is 0 Å². The molecule has 2 aromatic rings. The van der Waals surface area contributed by atoms with Crippen LogP contribution in [-0.4, -0.2) is 38.7 Å². The summed E-state index contributed by atoms with van der Waals surface area (Å²) in [5.41, 5.74) is -1.19. The predicted molar refractivity (Wildman–Crippen MR) is 96.9 cm³/mol. The zero-order chi connectivity index (χ0) is 18.9. The van der Waals surface area contributed by atoms with Crippen molar-refractivity contribution in [2.75, 3.05) is 18.3 Å². The second kappa shape index (κ2) is 6.83. The molecule has 25 heavy (non-hydrogen) atoms. The molecule has 1 amide bonds. The van der Waals surface area contributed by atoms with Crippen molar-refractivity contribution in [2.24, 2.45) is 7.05 Å². The molecule has 0 atom stereocenters. The fourth-order valence-electron chi connectivity index (χ4n) is 2.25. The lowest BCUT2D eigenvalue weighted by Crippen LogP contribution is -2.49. The molecule has 0 saturated heterocycles. The molecule has 0 bridgehead atoms. The maximum absolute atomic E-state index is 12.9. The van der Waals surface area contributed by atoms with E-state index in [1.54, 1.807) is 25.6 Å². The van der Waals surface area contributed by atoms with Gasteiger partial charge >= 0.3 is 0 Å². The highest BCUT2D eigenvalue weighted by Gasteiger charge is 2.27. The van der Waals surface area contributed by atoms with Gasteiger partial charge in [0, 0.05) is 25.7 Å². The topological polar surface area (TPSA) is 90.1 Å². The summed E-state index contributed by atoms with van der Waals surface area (Å²) in [6.45, 7) is 5.53. The summed E-state index contributed by atoms with van der Waals surface area (Å²) in [5.74, 6) is -0.591. The molecule has 2 heterocycles. The number of pyridine rings is 1. The van der Waals surface area contributed by atoms with Crippen LogP contribution in [0.1, 0.15) is 36.8 Å². The van der Waals surface area contributed by atoms with Gasteiger partial charge in [0.1, 0.15) is 11.3 Å². The number of hydrogen-bond donors (Lipinski definition) is 0. The Bertz CT molecular complexity index is 927. The van der Waals surface area contributed by atoms with Crippen molar-refractivity contribution >= 4 is 17.7 Å². The van der Waals surface area contributed by atoms with Crippen LogP contribution in [0.5, 0.6) is 0 Å². The number of rotatable bonds is 3. The summed E-state index contributed by atoms with van der Waals surface area (Å²) in [6.07, 6.45) is 3.29. The van der Waals surface area contributed by atoms with Gasteiger partial charge in [-0.3, -0.25) is 14.4 Å². The number of aryl methyl sites for hydroxylation is 1. The van der Waals surface area contributed by atoms with Crippen LogP contribution in [0, 0.1) is 0 Å². The minimum Gasteiger partial charge on any atom is -0.318 e. The van der Waals surface area contributed by atoms with Crippen LogP contribution in [0.4, 0.5) is 0 Å². The third kappa shape index (κ3) is 3.51. The van der Waals surface area contributed by atoms with Gasteiger partial charge in [0.05, 0.1) is 0 Å². The third-order valence-electron chi connectivity index (χ3n) is 3.65. The quantitative estimate of drug-likeness (QED) is 0.748. The van der Waals surface area contributed by atoms with Gasteiger partial charge < -0.3 is 4.57 Å². The zero-order valence-corrected chi connectivity index (χ0v) is 15.9. The van der Waals surface area contributed by atoms with Gasteiger partial charge in [-0.25, -0.2) is 5.01 Å². The summed E-state index contributed by atoms with van der Waals surface area (Å²) in [7, 11) is 2.99. The third-order valence-corrected chi connectivity index (χ3v) is 4.27. The second-order valence-corrected chi connectivity index (χ2v) is 7.34. The molecule has 0 aliphatic rings. The molecule has 0 N–H and O–H groups in total. The predicted octanol–water partition coefficient (Wildman–Crippen LogP) is 0.765. The molecule has 8 nitrogen and oxygen atoms in total. The van der Waals surface area contributed by atoms with Crippen LogP contribution >= 0.6 is 11.8 Å². The Hall–Kier alpha value is -2.42. The minimum absolute atomic E-state index is 0.0272. The van der Waals surface area contributed by atoms with Gasteiger partial charge in [0.15, 0.2) is 0 Å². The maximum Gasteiger partial charge on any atom is 0.295 e. The Balaban J connectivity index is 2.64. The SMILES string of the molecule is CSc1nnc(C(C)(C)C)c(=O)n1N(C)C(=O)c1cccn(C)c1=O. The van der Waals surface area contributed by atoms with Gasteiger partial charge in [-0.2, -0.15) is 4.68 Å². The van der Waals surface area contributed by atoms with E-state index in [2.05, 4.69) is 10.2 Å². The Kier molecular flexibility index (Phi) is 5.17. The molecular weight excluding hydrogens is 342 g/mol. The van der Waals surface area contributed by atoms with Crippen LogP contribution in [0.25, 0.3) is 0 Å². The Morgan fingerprint density at radius 3 is 2.40 bits per heavy atom. The van der Waals surface area contributed by atoms with Gasteiger partial charge in [-0.05, 0) is 18.4 Å². The summed E-state index contributed by atoms with van der Waals surface area (Å²) in [6, 6.07) is 3.04. The first-order valence-electron chi connectivity index (χ1n) is 7.57. The van der Waals surface area contributed by atoms with E-state index in [4.69, 9.17) is 0 Å². The van der Waals surface area contributed by atoms with Gasteiger partial charge in [0.25, 0.3) is 17.0 Å². The van der Waals surface area contributed by atoms with Gasteiger partial charge in [-0.1, -0.05) is 32.5 Å². The molecule has 0 radical (unpaired) electrons. The Morgan fingerprint density at radius 2 is 1.84 bits per heavy atom. The van der Waals surface area contributed by atoms with E-state index in [9.17, 15) is 14.4 Å². The minimum atomic E-state index is -0.591. The largest absolute Gasteiger partial charge is 0.318 e. The fourth-order valence-corrected chi connectivity index (χ4v) is 2.75. The number of nitrogens with zero attached hydrogens (tertiary/aromatic N) is 5. The number of hydrogen-bond acceptors (Lipinski definition) is 6. The van der Waals surface area contributed by atoms with Crippen LogP contribution < -0.4 is 16.1 Å². The van der Waals surface area contributed by atoms with Crippen molar-refractivity contribution in [3.8, 4) is 0 Å². The molecule has 0 aromatic carbocycles. The maximum atomic E-state index is 12.9. The van der Waals surface area contributed by atoms with E-state index in [1.807, 2.05) is 20.8 Å². The fraction of sp³-hybridized carbons (Fsp3) is 0.438. The van der Waals surface area contributed by atoms with E-state index < -0.39 is 22.4 Å². The first kappa shape index (κ1) is 18.9. The highest BCUT2D eigenvalue weighted by molar-refractivity contribution is 7.98. The lowest BCUT2D eigenvalue weighted by Gasteiger charge is -2.24. The average molecular weight is 363 g/mol. The monoisotopic (exact) mass is 363 g/mol. The number of aromatic nitrogens is 4. The van der Waals surface area contributed by atoms with Crippen molar-refractivity contribution in [3.63, 3.8) is 0 Å². The average Bonchev–Trinajstić information content (AvgIpc) is 2.54. The van der Waals surface area contributed by atoms with E-state index in [1.165, 1.54) is 29.4 Å². The molecule has 2 rings (SSSR count). The first-order valence-corrected chi connectivity index (χ1v) is 8.80. The number of carbonyl (C=O) groups is 1. The van der Waals surface area contributed by atoms with Crippen LogP contribution in [-0.2, 0) is 12.5 Å². The van der Waals surface area contributed by atoms with Crippen LogP contribution in [0.15, 0.2) is 33.1 Å². The van der Waals surface area contributed by atoms with Crippen molar-refractivity contribution in [3.05, 3.63) is 50.3 Å². The molecule has 2 aromatic heterocycles. The zero-order valence-electron chi connectivity index (χ0n) is 15.1. The molecule has 9 heteroatoms. The number of amides is 1. The Labute approximate surface area is 149 Å². The summed E-state index contributed by atoms with van der Waals surface area (Å²) in [5, 5.41) is 9.45. The highest BCUT2D eigenvalue weighted by Crippen LogP contribution is 2.17. The first-order chi connectivity index (χ1) is 11.6. The Morgan fingerprint density at radius 1 is 1.20 bits per heavy atom. The van der Waals surface area contributed by atoms with Crippen molar-refractivity contribution in [1.82, 2.24) is 19.4 Å². The van der Waals surface area contributed by atoms with E-state index >= 15 is 0 Å². The lowest BCUT2D eigenvalue weighted by atomic mass is 9.93. The highest BCUT2D eigenvalue weighted by atomic mass is 32.2. The molecule has 0 aliphatic carbocycles. The normalized spacial score (nSPS) is 11.4.